The number of halogens is 1. The van der Waals surface area contributed by atoms with Crippen LogP contribution in [0.3, 0.4) is 0 Å². The Morgan fingerprint density at radius 2 is 2.00 bits per heavy atom. The van der Waals surface area contributed by atoms with E-state index in [0.29, 0.717) is 0 Å². The third-order valence-corrected chi connectivity index (χ3v) is 4.97. The van der Waals surface area contributed by atoms with E-state index in [2.05, 4.69) is 6.92 Å². The molecule has 0 aromatic rings. The molecule has 0 unspecified atom stereocenters. The first-order valence-corrected chi connectivity index (χ1v) is 12.1. The van der Waals surface area contributed by atoms with Gasteiger partial charge < -0.3 is 0 Å². The molecule has 0 fully saturated rings. The minimum absolute atomic E-state index is 0. The summed E-state index contributed by atoms with van der Waals surface area (Å²) in [6.07, 6.45) is 0. The molecule has 25 valence electrons. The van der Waals surface area contributed by atoms with Crippen LogP contribution in [0.4, 0.5) is 0 Å². The van der Waals surface area contributed by atoms with Crippen LogP contribution in [0.2, 0.25) is 3.93 Å². The van der Waals surface area contributed by atoms with Gasteiger partial charge in [-0.3, -0.25) is 0 Å². The van der Waals surface area contributed by atoms with E-state index in [0.717, 1.165) is 0 Å². The molecular formula is C2H5BClHg. The van der Waals surface area contributed by atoms with Crippen LogP contribution in [-0.2, 0) is 23.3 Å². The molecule has 0 saturated heterocycles. The SMILES string of the molecule is C[CH2][Hg][Cl].[B]. The van der Waals surface area contributed by atoms with Crippen LogP contribution >= 0.6 is 8.25 Å². The Morgan fingerprint density at radius 1 is 1.80 bits per heavy atom. The molecule has 0 N–H and O–H groups in total. The zero-order valence-electron chi connectivity index (χ0n) is 3.37. The van der Waals surface area contributed by atoms with Crippen molar-refractivity contribution in [2.45, 2.75) is 10.9 Å². The van der Waals surface area contributed by atoms with Gasteiger partial charge in [-0.25, -0.2) is 0 Å². The second kappa shape index (κ2) is 8.99. The first kappa shape index (κ1) is 9.56. The summed E-state index contributed by atoms with van der Waals surface area (Å²) in [5, 5.41) is 0. The summed E-state index contributed by atoms with van der Waals surface area (Å²) >= 11 is -0.640. The molecule has 0 aliphatic carbocycles. The fraction of sp³-hybridized carbons (Fsp3) is 1.00. The quantitative estimate of drug-likeness (QED) is 0.633. The fourth-order valence-corrected chi connectivity index (χ4v) is 0. The van der Waals surface area contributed by atoms with Crippen molar-refractivity contribution in [2.24, 2.45) is 0 Å². The number of rotatable bonds is 1. The minimum Gasteiger partial charge on any atom is 0 e. The molecule has 0 aromatic carbocycles. The minimum atomic E-state index is -0.640. The second-order valence-corrected chi connectivity index (χ2v) is 9.36. The van der Waals surface area contributed by atoms with E-state index >= 15 is 0 Å². The van der Waals surface area contributed by atoms with E-state index < -0.39 is 23.3 Å². The Hall–Kier alpha value is 1.29. The van der Waals surface area contributed by atoms with Gasteiger partial charge in [0.1, 0.15) is 0 Å². The summed E-state index contributed by atoms with van der Waals surface area (Å²) in [6.45, 7) is 2.15. The Morgan fingerprint density at radius 3 is 2.00 bits per heavy atom. The monoisotopic (exact) mass is 277 g/mol. The Bertz CT molecular complexity index is 11.6. The van der Waals surface area contributed by atoms with Gasteiger partial charge >= 0.3 is 42.4 Å². The third-order valence-electron chi connectivity index (χ3n) is 0.189. The maximum atomic E-state index is 5.41. The van der Waals surface area contributed by atoms with Gasteiger partial charge in [-0.05, 0) is 0 Å². The van der Waals surface area contributed by atoms with Crippen molar-refractivity contribution in [3.05, 3.63) is 0 Å². The fourth-order valence-electron chi connectivity index (χ4n) is 0. The van der Waals surface area contributed by atoms with E-state index in [9.17, 15) is 0 Å². The Kier molecular flexibility index (Phi) is 17.2. The molecule has 3 heteroatoms. The van der Waals surface area contributed by atoms with Gasteiger partial charge in [0.2, 0.25) is 0 Å². The van der Waals surface area contributed by atoms with E-state index in [1.54, 1.807) is 0 Å². The van der Waals surface area contributed by atoms with Crippen molar-refractivity contribution in [2.75, 3.05) is 0 Å². The summed E-state index contributed by atoms with van der Waals surface area (Å²) < 4.78 is 1.31. The van der Waals surface area contributed by atoms with Crippen LogP contribution in [0.5, 0.6) is 0 Å². The molecule has 0 aromatic heterocycles. The topological polar surface area (TPSA) is 0 Å². The number of hydrogen-bond donors (Lipinski definition) is 0. The van der Waals surface area contributed by atoms with Crippen LogP contribution in [0.25, 0.3) is 0 Å². The predicted octanol–water partition coefficient (Wildman–Crippen LogP) is 1.28. The normalized spacial score (nSPS) is 4.40. The Balaban J connectivity index is 0. The van der Waals surface area contributed by atoms with Gasteiger partial charge in [0.05, 0.1) is 0 Å². The van der Waals surface area contributed by atoms with Crippen LogP contribution in [-0.4, -0.2) is 8.41 Å². The molecule has 0 nitrogen and oxygen atoms in total. The first-order valence-electron chi connectivity index (χ1n) is 1.47. The third kappa shape index (κ3) is 10.9. The molecule has 5 heavy (non-hydrogen) atoms. The molecule has 0 heterocycles. The summed E-state index contributed by atoms with van der Waals surface area (Å²) in [7, 11) is 5.41. The van der Waals surface area contributed by atoms with Gasteiger partial charge in [0.25, 0.3) is 0 Å². The van der Waals surface area contributed by atoms with Gasteiger partial charge in [0.15, 0.2) is 0 Å². The molecule has 0 atom stereocenters. The molecule has 0 amide bonds. The second-order valence-electron chi connectivity index (χ2n) is 0.689. The molecule has 0 bridgehead atoms. The van der Waals surface area contributed by atoms with Gasteiger partial charge in [-0.1, -0.05) is 0 Å². The molecular weight excluding hydrogens is 271 g/mol. The van der Waals surface area contributed by atoms with Crippen LogP contribution in [0.1, 0.15) is 6.92 Å². The van der Waals surface area contributed by atoms with Crippen molar-refractivity contribution >= 4 is 16.7 Å². The molecule has 0 rings (SSSR count). The van der Waals surface area contributed by atoms with Gasteiger partial charge in [-0.2, -0.15) is 0 Å². The average molecular weight is 276 g/mol. The van der Waals surface area contributed by atoms with Crippen molar-refractivity contribution in [1.29, 1.82) is 0 Å². The van der Waals surface area contributed by atoms with Gasteiger partial charge in [-0.15, -0.1) is 0 Å². The molecule has 0 aliphatic rings. The summed E-state index contributed by atoms with van der Waals surface area (Å²) in [4.78, 5) is 0. The van der Waals surface area contributed by atoms with Crippen LogP contribution in [0.15, 0.2) is 0 Å². The van der Waals surface area contributed by atoms with E-state index in [-0.39, 0.29) is 8.41 Å². The van der Waals surface area contributed by atoms with E-state index in [1.165, 1.54) is 3.93 Å². The summed E-state index contributed by atoms with van der Waals surface area (Å²) in [5.41, 5.74) is 0. The van der Waals surface area contributed by atoms with Crippen LogP contribution in [0, 0.1) is 0 Å². The van der Waals surface area contributed by atoms with E-state index in [4.69, 9.17) is 8.25 Å². The Labute approximate surface area is 50.7 Å². The molecule has 0 aliphatic heterocycles. The summed E-state index contributed by atoms with van der Waals surface area (Å²) in [6, 6.07) is 0. The molecule has 3 radical (unpaired) electrons. The van der Waals surface area contributed by atoms with E-state index in [1.807, 2.05) is 0 Å². The van der Waals surface area contributed by atoms with Gasteiger partial charge in [0, 0.05) is 8.41 Å². The largest absolute Gasteiger partial charge is 0 e. The zero-order chi connectivity index (χ0) is 3.41. The van der Waals surface area contributed by atoms with Crippen molar-refractivity contribution in [3.8, 4) is 0 Å². The summed E-state index contributed by atoms with van der Waals surface area (Å²) in [5.74, 6) is 0. The standard InChI is InChI=1S/C2H5.B.ClH.Hg/c1-2;;;/h1H2,2H3;;1H;/q;;;+1/p-1. The van der Waals surface area contributed by atoms with Crippen molar-refractivity contribution < 1.29 is 23.3 Å². The average Bonchev–Trinajstić information content (AvgIpc) is 1.37. The molecule has 0 spiro atoms. The smallest absolute Gasteiger partial charge is 0 e. The predicted molar refractivity (Wildman–Crippen MR) is 22.1 cm³/mol. The maximum absolute atomic E-state index is 5.41. The van der Waals surface area contributed by atoms with Crippen LogP contribution < -0.4 is 0 Å². The van der Waals surface area contributed by atoms with Crippen molar-refractivity contribution in [1.82, 2.24) is 0 Å². The first-order chi connectivity index (χ1) is 1.91. The van der Waals surface area contributed by atoms with Crippen molar-refractivity contribution in [3.63, 3.8) is 0 Å². The maximum Gasteiger partial charge on any atom is 0 e. The zero-order valence-corrected chi connectivity index (χ0v) is 9.62. The number of hydrogen-bond acceptors (Lipinski definition) is 0. The molecule has 0 saturated carbocycles.